The molecular weight excluding hydrogens is 392 g/mol. The van der Waals surface area contributed by atoms with Crippen molar-refractivity contribution < 1.29 is 0 Å². The second-order valence-electron chi connectivity index (χ2n) is 6.25. The quantitative estimate of drug-likeness (QED) is 0.585. The minimum absolute atomic E-state index is 0.101. The Labute approximate surface area is 184 Å². The highest BCUT2D eigenvalue weighted by Crippen LogP contribution is 2.33. The van der Waals surface area contributed by atoms with E-state index in [9.17, 15) is 0 Å². The monoisotopic (exact) mass is 424 g/mol. The fourth-order valence-corrected chi connectivity index (χ4v) is 3.69. The molecule has 0 aromatic carbocycles. The van der Waals surface area contributed by atoms with Gasteiger partial charge in [0, 0.05) is 36.6 Å². The van der Waals surface area contributed by atoms with E-state index in [4.69, 9.17) is 0 Å². The Kier molecular flexibility index (Phi) is 8.92. The van der Waals surface area contributed by atoms with Crippen LogP contribution in [0.1, 0.15) is 58.7 Å². The smallest absolute Gasteiger partial charge is 0.153 e. The SMILES string of the molecule is C=CC(C)c1cc(NC2=NC=CC3C(c4cnn(CC)c4)=CN=C23)sn1.CC.CC. The number of aryl methyl sites for hydroxylation is 1. The number of nitrogens with zero attached hydrogens (tertiary/aromatic N) is 5. The van der Waals surface area contributed by atoms with Crippen LogP contribution in [0.2, 0.25) is 0 Å². The summed E-state index contributed by atoms with van der Waals surface area (Å²) in [6.45, 7) is 16.8. The van der Waals surface area contributed by atoms with Crippen LogP contribution in [0, 0.1) is 5.92 Å². The first kappa shape index (κ1) is 23.5. The van der Waals surface area contributed by atoms with Crippen molar-refractivity contribution in [3.05, 3.63) is 60.8 Å². The number of hydrogen-bond donors (Lipinski definition) is 1. The van der Waals surface area contributed by atoms with Crippen LogP contribution >= 0.6 is 11.5 Å². The van der Waals surface area contributed by atoms with Crippen molar-refractivity contribution in [3.8, 4) is 0 Å². The first-order valence-corrected chi connectivity index (χ1v) is 11.4. The molecule has 30 heavy (non-hydrogen) atoms. The van der Waals surface area contributed by atoms with E-state index >= 15 is 0 Å². The van der Waals surface area contributed by atoms with Gasteiger partial charge >= 0.3 is 0 Å². The molecule has 2 aliphatic heterocycles. The maximum Gasteiger partial charge on any atom is 0.153 e. The predicted octanol–water partition coefficient (Wildman–Crippen LogP) is 6.15. The molecule has 2 aliphatic rings. The summed E-state index contributed by atoms with van der Waals surface area (Å²) in [5.41, 5.74) is 4.19. The third-order valence-corrected chi connectivity index (χ3v) is 5.30. The molecule has 2 unspecified atom stereocenters. The van der Waals surface area contributed by atoms with Crippen molar-refractivity contribution in [2.24, 2.45) is 15.9 Å². The van der Waals surface area contributed by atoms with Gasteiger partial charge in [-0.15, -0.1) is 6.58 Å². The van der Waals surface area contributed by atoms with Gasteiger partial charge in [-0.25, -0.2) is 4.99 Å². The fourth-order valence-electron chi connectivity index (χ4n) is 2.96. The Morgan fingerprint density at radius 1 is 1.27 bits per heavy atom. The first-order chi connectivity index (χ1) is 14.7. The van der Waals surface area contributed by atoms with E-state index in [1.807, 2.05) is 63.1 Å². The number of fused-ring (bicyclic) bond motifs is 1. The van der Waals surface area contributed by atoms with E-state index < -0.39 is 0 Å². The molecule has 2 aromatic rings. The highest BCUT2D eigenvalue weighted by Gasteiger charge is 2.30. The number of rotatable bonds is 5. The van der Waals surface area contributed by atoms with Crippen LogP contribution < -0.4 is 5.32 Å². The molecule has 1 N–H and O–H groups in total. The largest absolute Gasteiger partial charge is 0.329 e. The second-order valence-corrected chi connectivity index (χ2v) is 7.05. The molecule has 0 saturated carbocycles. The lowest BCUT2D eigenvalue weighted by Gasteiger charge is -2.18. The summed E-state index contributed by atoms with van der Waals surface area (Å²) in [5, 5.41) is 8.70. The van der Waals surface area contributed by atoms with E-state index in [-0.39, 0.29) is 11.8 Å². The van der Waals surface area contributed by atoms with Crippen molar-refractivity contribution in [2.45, 2.75) is 54.0 Å². The summed E-state index contributed by atoms with van der Waals surface area (Å²) < 4.78 is 6.41. The number of anilines is 1. The molecule has 0 amide bonds. The second kappa shape index (κ2) is 11.4. The first-order valence-electron chi connectivity index (χ1n) is 10.6. The Hall–Kier alpha value is -2.80. The number of nitrogens with one attached hydrogen (secondary N) is 1. The lowest BCUT2D eigenvalue weighted by atomic mass is 9.91. The zero-order valence-corrected chi connectivity index (χ0v) is 19.6. The van der Waals surface area contributed by atoms with Crippen molar-refractivity contribution in [2.75, 3.05) is 5.32 Å². The number of allylic oxidation sites excluding steroid dienone is 3. The molecule has 0 radical (unpaired) electrons. The number of aromatic nitrogens is 3. The maximum atomic E-state index is 4.63. The predicted molar refractivity (Wildman–Crippen MR) is 130 cm³/mol. The van der Waals surface area contributed by atoms with Gasteiger partial charge in [0.2, 0.25) is 0 Å². The van der Waals surface area contributed by atoms with Gasteiger partial charge in [0.05, 0.1) is 23.5 Å². The van der Waals surface area contributed by atoms with E-state index in [1.165, 1.54) is 11.5 Å². The zero-order chi connectivity index (χ0) is 22.1. The minimum atomic E-state index is 0.101. The molecule has 0 aliphatic carbocycles. The summed E-state index contributed by atoms with van der Waals surface area (Å²) >= 11 is 1.43. The molecule has 7 heteroatoms. The lowest BCUT2D eigenvalue weighted by Crippen LogP contribution is -2.29. The molecular formula is C23H32N6S. The molecule has 0 fully saturated rings. The summed E-state index contributed by atoms with van der Waals surface area (Å²) in [6, 6.07) is 2.04. The zero-order valence-electron chi connectivity index (χ0n) is 18.8. The van der Waals surface area contributed by atoms with Crippen LogP contribution in [-0.4, -0.2) is 25.7 Å². The van der Waals surface area contributed by atoms with E-state index in [0.717, 1.165) is 39.9 Å². The van der Waals surface area contributed by atoms with E-state index in [0.29, 0.717) is 0 Å². The molecule has 4 rings (SSSR count). The van der Waals surface area contributed by atoms with Gasteiger partial charge in [0.1, 0.15) is 5.00 Å². The van der Waals surface area contributed by atoms with Gasteiger partial charge < -0.3 is 5.32 Å². The van der Waals surface area contributed by atoms with Gasteiger partial charge in [-0.1, -0.05) is 46.8 Å². The van der Waals surface area contributed by atoms with Crippen molar-refractivity contribution in [3.63, 3.8) is 0 Å². The highest BCUT2D eigenvalue weighted by atomic mass is 32.1. The summed E-state index contributed by atoms with van der Waals surface area (Å²) in [6.07, 6.45) is 11.7. The molecule has 2 atom stereocenters. The third kappa shape index (κ3) is 5.02. The van der Waals surface area contributed by atoms with Gasteiger partial charge in [0.15, 0.2) is 5.84 Å². The highest BCUT2D eigenvalue weighted by molar-refractivity contribution is 7.10. The molecule has 2 aromatic heterocycles. The summed E-state index contributed by atoms with van der Waals surface area (Å²) in [7, 11) is 0. The summed E-state index contributed by atoms with van der Waals surface area (Å²) in [4.78, 5) is 9.12. The van der Waals surface area contributed by atoms with Crippen LogP contribution in [-0.2, 0) is 6.54 Å². The Morgan fingerprint density at radius 2 is 2.03 bits per heavy atom. The Morgan fingerprint density at radius 3 is 2.70 bits per heavy atom. The van der Waals surface area contributed by atoms with Gasteiger partial charge in [-0.05, 0) is 30.1 Å². The minimum Gasteiger partial charge on any atom is -0.329 e. The Bertz CT molecular complexity index is 960. The van der Waals surface area contributed by atoms with Crippen LogP contribution in [0.15, 0.2) is 59.6 Å². The van der Waals surface area contributed by atoms with Gasteiger partial charge in [-0.2, -0.15) is 9.47 Å². The molecule has 160 valence electrons. The average Bonchev–Trinajstić information content (AvgIpc) is 3.55. The third-order valence-electron chi connectivity index (χ3n) is 4.58. The van der Waals surface area contributed by atoms with Gasteiger partial charge in [0.25, 0.3) is 0 Å². The van der Waals surface area contributed by atoms with Crippen molar-refractivity contribution in [1.29, 1.82) is 0 Å². The number of aliphatic imine (C=N–C) groups is 2. The van der Waals surface area contributed by atoms with Gasteiger partial charge in [-0.3, -0.25) is 9.67 Å². The van der Waals surface area contributed by atoms with Crippen molar-refractivity contribution in [1.82, 2.24) is 14.2 Å². The fraction of sp³-hybridized carbons (Fsp3) is 0.391. The topological polar surface area (TPSA) is 67.5 Å². The van der Waals surface area contributed by atoms with Crippen LogP contribution in [0.25, 0.3) is 5.57 Å². The average molecular weight is 425 g/mol. The molecule has 4 heterocycles. The molecule has 0 spiro atoms. The lowest BCUT2D eigenvalue weighted by molar-refractivity contribution is 0.659. The number of amidine groups is 1. The normalized spacial score (nSPS) is 17.3. The molecule has 0 bridgehead atoms. The summed E-state index contributed by atoms with van der Waals surface area (Å²) in [5.74, 6) is 1.10. The Balaban J connectivity index is 0.000000757. The maximum absolute atomic E-state index is 4.63. The van der Waals surface area contributed by atoms with Crippen molar-refractivity contribution >= 4 is 33.7 Å². The van der Waals surface area contributed by atoms with E-state index in [2.05, 4.69) is 57.5 Å². The van der Waals surface area contributed by atoms with Crippen LogP contribution in [0.3, 0.4) is 0 Å². The van der Waals surface area contributed by atoms with E-state index in [1.54, 1.807) is 0 Å². The standard InChI is InChI=1S/C19H20N6S.2C2H6/c1-4-12(3)16-8-17(26-24-16)23-19-18-14(6-7-20-19)15(10-21-18)13-9-22-25(5-2)11-13;2*1-2/h4,6-12,14H,1,5H2,2-3H3,(H,20,23);2*1-2H3. The molecule has 0 saturated heterocycles. The molecule has 6 nitrogen and oxygen atoms in total. The number of hydrogen-bond acceptors (Lipinski definition) is 6. The van der Waals surface area contributed by atoms with Crippen LogP contribution in [0.4, 0.5) is 5.00 Å². The van der Waals surface area contributed by atoms with Crippen LogP contribution in [0.5, 0.6) is 0 Å².